The number of hydrogen-bond donors (Lipinski definition) is 2. The fourth-order valence-electron chi connectivity index (χ4n) is 2.37. The summed E-state index contributed by atoms with van der Waals surface area (Å²) >= 11 is 0. The second-order valence-corrected chi connectivity index (χ2v) is 6.40. The van der Waals surface area contributed by atoms with Gasteiger partial charge in [0, 0.05) is 44.7 Å². The van der Waals surface area contributed by atoms with Gasteiger partial charge in [0.2, 0.25) is 11.8 Å². The zero-order valence-corrected chi connectivity index (χ0v) is 16.0. The highest BCUT2D eigenvalue weighted by atomic mass is 16.5. The number of rotatable bonds is 10. The Morgan fingerprint density at radius 1 is 1.08 bits per heavy atom. The summed E-state index contributed by atoms with van der Waals surface area (Å²) in [5.74, 6) is -0.617. The van der Waals surface area contributed by atoms with Gasteiger partial charge in [-0.25, -0.2) is 0 Å². The van der Waals surface area contributed by atoms with Gasteiger partial charge in [-0.1, -0.05) is 0 Å². The van der Waals surface area contributed by atoms with E-state index in [0.29, 0.717) is 25.3 Å². The number of amides is 2. The summed E-state index contributed by atoms with van der Waals surface area (Å²) in [4.78, 5) is 27.0. The second kappa shape index (κ2) is 10.0. The van der Waals surface area contributed by atoms with Crippen molar-refractivity contribution < 1.29 is 14.3 Å². The molecule has 0 aliphatic carbocycles. The van der Waals surface area contributed by atoms with Gasteiger partial charge < -0.3 is 20.3 Å². The molecule has 6 nitrogen and oxygen atoms in total. The first-order chi connectivity index (χ1) is 11.9. The standard InChI is InChI=1S/C19H31N3O3/c1-6-22(7-2)16-11-9-15(10-12-16)21-18(24)19(3,4)17(23)20-13-8-14-25-5/h9-12H,6-8,13-14H2,1-5H3,(H,20,23)(H,21,24). The van der Waals surface area contributed by atoms with E-state index in [4.69, 9.17) is 4.74 Å². The van der Waals surface area contributed by atoms with Crippen molar-refractivity contribution in [2.75, 3.05) is 43.6 Å². The molecular formula is C19H31N3O3. The average Bonchev–Trinajstić information content (AvgIpc) is 2.60. The summed E-state index contributed by atoms with van der Waals surface area (Å²) in [5, 5.41) is 5.60. The van der Waals surface area contributed by atoms with Gasteiger partial charge in [0.15, 0.2) is 0 Å². The molecule has 0 aliphatic heterocycles. The van der Waals surface area contributed by atoms with E-state index in [1.807, 2.05) is 24.3 Å². The van der Waals surface area contributed by atoms with Crippen LogP contribution in [0.5, 0.6) is 0 Å². The highest BCUT2D eigenvalue weighted by molar-refractivity contribution is 6.09. The zero-order chi connectivity index (χ0) is 18.9. The largest absolute Gasteiger partial charge is 0.385 e. The van der Waals surface area contributed by atoms with Crippen molar-refractivity contribution in [2.24, 2.45) is 5.41 Å². The summed E-state index contributed by atoms with van der Waals surface area (Å²) in [6, 6.07) is 7.66. The third-order valence-corrected chi connectivity index (χ3v) is 4.20. The number of benzene rings is 1. The molecule has 0 spiro atoms. The van der Waals surface area contributed by atoms with Gasteiger partial charge in [-0.2, -0.15) is 0 Å². The zero-order valence-electron chi connectivity index (χ0n) is 16.0. The van der Waals surface area contributed by atoms with Crippen molar-refractivity contribution in [3.8, 4) is 0 Å². The number of anilines is 2. The minimum atomic E-state index is -1.15. The van der Waals surface area contributed by atoms with Gasteiger partial charge in [0.05, 0.1) is 0 Å². The lowest BCUT2D eigenvalue weighted by molar-refractivity contribution is -0.138. The van der Waals surface area contributed by atoms with Crippen LogP contribution in [-0.2, 0) is 14.3 Å². The number of carbonyl (C=O) groups is 2. The summed E-state index contributed by atoms with van der Waals surface area (Å²) < 4.78 is 4.94. The van der Waals surface area contributed by atoms with Crippen molar-refractivity contribution >= 4 is 23.2 Å². The molecule has 2 N–H and O–H groups in total. The predicted octanol–water partition coefficient (Wildman–Crippen LogP) is 2.65. The lowest BCUT2D eigenvalue weighted by atomic mass is 9.91. The molecule has 25 heavy (non-hydrogen) atoms. The molecule has 0 bridgehead atoms. The Labute approximate surface area is 150 Å². The Bertz CT molecular complexity index is 552. The monoisotopic (exact) mass is 349 g/mol. The number of nitrogens with zero attached hydrogens (tertiary/aromatic N) is 1. The third-order valence-electron chi connectivity index (χ3n) is 4.20. The van der Waals surface area contributed by atoms with Crippen LogP contribution in [-0.4, -0.2) is 45.2 Å². The second-order valence-electron chi connectivity index (χ2n) is 6.40. The molecule has 0 heterocycles. The van der Waals surface area contributed by atoms with Crippen molar-refractivity contribution in [3.63, 3.8) is 0 Å². The normalized spacial score (nSPS) is 11.1. The minimum Gasteiger partial charge on any atom is -0.385 e. The van der Waals surface area contributed by atoms with Crippen LogP contribution < -0.4 is 15.5 Å². The van der Waals surface area contributed by atoms with Crippen LogP contribution in [0.25, 0.3) is 0 Å². The lowest BCUT2D eigenvalue weighted by Gasteiger charge is -2.24. The molecule has 1 aromatic rings. The van der Waals surface area contributed by atoms with Gasteiger partial charge >= 0.3 is 0 Å². The van der Waals surface area contributed by atoms with Crippen molar-refractivity contribution in [3.05, 3.63) is 24.3 Å². The fraction of sp³-hybridized carbons (Fsp3) is 0.579. The molecule has 2 amide bonds. The topological polar surface area (TPSA) is 70.7 Å². The van der Waals surface area contributed by atoms with Crippen LogP contribution in [0.4, 0.5) is 11.4 Å². The Morgan fingerprint density at radius 2 is 1.68 bits per heavy atom. The number of hydrogen-bond acceptors (Lipinski definition) is 4. The Morgan fingerprint density at radius 3 is 2.20 bits per heavy atom. The van der Waals surface area contributed by atoms with E-state index >= 15 is 0 Å². The lowest BCUT2D eigenvalue weighted by Crippen LogP contribution is -2.45. The van der Waals surface area contributed by atoms with E-state index in [2.05, 4.69) is 29.4 Å². The molecule has 0 atom stereocenters. The maximum Gasteiger partial charge on any atom is 0.239 e. The van der Waals surface area contributed by atoms with Crippen molar-refractivity contribution in [2.45, 2.75) is 34.1 Å². The first-order valence-corrected chi connectivity index (χ1v) is 8.80. The van der Waals surface area contributed by atoms with E-state index < -0.39 is 5.41 Å². The Hall–Kier alpha value is -2.08. The van der Waals surface area contributed by atoms with Crippen LogP contribution in [0.3, 0.4) is 0 Å². The quantitative estimate of drug-likeness (QED) is 0.503. The first-order valence-electron chi connectivity index (χ1n) is 8.80. The smallest absolute Gasteiger partial charge is 0.239 e. The van der Waals surface area contributed by atoms with E-state index in [1.54, 1.807) is 21.0 Å². The summed E-state index contributed by atoms with van der Waals surface area (Å²) in [6.45, 7) is 10.4. The van der Waals surface area contributed by atoms with Gasteiger partial charge in [-0.3, -0.25) is 9.59 Å². The molecule has 0 unspecified atom stereocenters. The Balaban J connectivity index is 2.65. The van der Waals surface area contributed by atoms with Crippen molar-refractivity contribution in [1.82, 2.24) is 5.32 Å². The van der Waals surface area contributed by atoms with E-state index in [1.165, 1.54) is 0 Å². The average molecular weight is 349 g/mol. The maximum absolute atomic E-state index is 12.5. The molecule has 1 rings (SSSR count). The molecule has 6 heteroatoms. The number of ether oxygens (including phenoxy) is 1. The van der Waals surface area contributed by atoms with Gasteiger partial charge in [0.25, 0.3) is 0 Å². The Kier molecular flexibility index (Phi) is 8.41. The van der Waals surface area contributed by atoms with Gasteiger partial charge in [-0.15, -0.1) is 0 Å². The summed E-state index contributed by atoms with van der Waals surface area (Å²) in [6.07, 6.45) is 0.715. The molecule has 0 aromatic heterocycles. The highest BCUT2D eigenvalue weighted by Gasteiger charge is 2.35. The first kappa shape index (κ1) is 21.0. The fourth-order valence-corrected chi connectivity index (χ4v) is 2.37. The number of nitrogens with one attached hydrogen (secondary N) is 2. The summed E-state index contributed by atoms with van der Waals surface area (Å²) in [7, 11) is 1.62. The van der Waals surface area contributed by atoms with Gasteiger partial charge in [-0.05, 0) is 58.4 Å². The molecule has 0 aliphatic rings. The SMILES string of the molecule is CCN(CC)c1ccc(NC(=O)C(C)(C)C(=O)NCCCOC)cc1. The third kappa shape index (κ3) is 6.05. The van der Waals surface area contributed by atoms with E-state index in [9.17, 15) is 9.59 Å². The van der Waals surface area contributed by atoms with Crippen LogP contribution in [0.2, 0.25) is 0 Å². The molecule has 0 saturated heterocycles. The molecule has 140 valence electrons. The number of methoxy groups -OCH3 is 1. The van der Waals surface area contributed by atoms with Crippen molar-refractivity contribution in [1.29, 1.82) is 0 Å². The van der Waals surface area contributed by atoms with Crippen LogP contribution >= 0.6 is 0 Å². The maximum atomic E-state index is 12.5. The number of carbonyl (C=O) groups excluding carboxylic acids is 2. The summed E-state index contributed by atoms with van der Waals surface area (Å²) in [5.41, 5.74) is 0.643. The highest BCUT2D eigenvalue weighted by Crippen LogP contribution is 2.21. The van der Waals surface area contributed by atoms with E-state index in [-0.39, 0.29) is 11.8 Å². The molecule has 0 fully saturated rings. The van der Waals surface area contributed by atoms with E-state index in [0.717, 1.165) is 18.8 Å². The molecule has 1 aromatic carbocycles. The minimum absolute atomic E-state index is 0.291. The molecular weight excluding hydrogens is 318 g/mol. The van der Waals surface area contributed by atoms with Crippen LogP contribution in [0, 0.1) is 5.41 Å². The van der Waals surface area contributed by atoms with Crippen LogP contribution in [0.15, 0.2) is 24.3 Å². The van der Waals surface area contributed by atoms with Gasteiger partial charge in [0.1, 0.15) is 5.41 Å². The predicted molar refractivity (Wildman–Crippen MR) is 102 cm³/mol. The molecule has 0 saturated carbocycles. The molecule has 0 radical (unpaired) electrons. The van der Waals surface area contributed by atoms with Crippen LogP contribution in [0.1, 0.15) is 34.1 Å².